The fourth-order valence-electron chi connectivity index (χ4n) is 4.21. The summed E-state index contributed by atoms with van der Waals surface area (Å²) in [4.78, 5) is 27.1. The molecule has 1 aliphatic heterocycles. The van der Waals surface area contributed by atoms with E-state index in [1.54, 1.807) is 21.5 Å². The van der Waals surface area contributed by atoms with Crippen LogP contribution in [-0.4, -0.2) is 35.6 Å². The Kier molecular flexibility index (Phi) is 4.13. The van der Waals surface area contributed by atoms with Crippen LogP contribution in [0.3, 0.4) is 0 Å². The van der Waals surface area contributed by atoms with Gasteiger partial charge in [-0.05, 0) is 43.7 Å². The van der Waals surface area contributed by atoms with Gasteiger partial charge in [-0.25, -0.2) is 4.98 Å². The van der Waals surface area contributed by atoms with Gasteiger partial charge in [0.1, 0.15) is 17.5 Å². The van der Waals surface area contributed by atoms with E-state index in [0.717, 1.165) is 36.1 Å². The molecule has 0 spiro atoms. The van der Waals surface area contributed by atoms with Crippen molar-refractivity contribution < 1.29 is 4.52 Å². The van der Waals surface area contributed by atoms with Gasteiger partial charge in [0.05, 0.1) is 29.3 Å². The molecule has 9 heteroatoms. The third-order valence-corrected chi connectivity index (χ3v) is 5.71. The first-order valence-corrected chi connectivity index (χ1v) is 10.3. The molecule has 1 atom stereocenters. The molecule has 6 rings (SSSR count). The SMILES string of the molecule is O=c1c2c(-c3noc(C4CCCN4)n3)ncn2c2ccccc2n1Cc1ccccn1. The maximum Gasteiger partial charge on any atom is 0.278 e. The molecule has 5 aromatic rings. The number of fused-ring (bicyclic) bond motifs is 3. The molecular weight excluding hydrogens is 394 g/mol. The average molecular weight is 413 g/mol. The molecule has 0 bridgehead atoms. The molecular formula is C22H19N7O2. The highest BCUT2D eigenvalue weighted by molar-refractivity contribution is 5.83. The summed E-state index contributed by atoms with van der Waals surface area (Å²) in [6.45, 7) is 1.28. The Morgan fingerprint density at radius 3 is 2.77 bits per heavy atom. The highest BCUT2D eigenvalue weighted by atomic mass is 16.5. The van der Waals surface area contributed by atoms with Crippen LogP contribution in [0.4, 0.5) is 0 Å². The van der Waals surface area contributed by atoms with Gasteiger partial charge >= 0.3 is 0 Å². The number of hydrogen-bond donors (Lipinski definition) is 1. The van der Waals surface area contributed by atoms with Crippen LogP contribution in [0, 0.1) is 0 Å². The summed E-state index contributed by atoms with van der Waals surface area (Å²) in [5.41, 5.74) is 3.13. The normalized spacial score (nSPS) is 16.5. The Morgan fingerprint density at radius 2 is 1.97 bits per heavy atom. The third kappa shape index (κ3) is 2.93. The lowest BCUT2D eigenvalue weighted by Crippen LogP contribution is -2.24. The van der Waals surface area contributed by atoms with Crippen molar-refractivity contribution in [3.63, 3.8) is 0 Å². The lowest BCUT2D eigenvalue weighted by molar-refractivity contribution is 0.345. The topological polar surface area (TPSA) is 103 Å². The van der Waals surface area contributed by atoms with Crippen molar-refractivity contribution in [1.82, 2.24) is 34.4 Å². The molecule has 1 fully saturated rings. The third-order valence-electron chi connectivity index (χ3n) is 5.71. The van der Waals surface area contributed by atoms with Gasteiger partial charge in [-0.15, -0.1) is 0 Å². The zero-order valence-corrected chi connectivity index (χ0v) is 16.6. The number of rotatable bonds is 4. The van der Waals surface area contributed by atoms with Crippen LogP contribution in [0.1, 0.15) is 30.5 Å². The van der Waals surface area contributed by atoms with Gasteiger partial charge in [0.15, 0.2) is 0 Å². The Morgan fingerprint density at radius 1 is 1.10 bits per heavy atom. The van der Waals surface area contributed by atoms with Crippen molar-refractivity contribution in [3.8, 4) is 11.5 Å². The number of imidazole rings is 1. The van der Waals surface area contributed by atoms with Gasteiger partial charge < -0.3 is 9.84 Å². The average Bonchev–Trinajstić information content (AvgIpc) is 3.57. The maximum absolute atomic E-state index is 13.6. The quantitative estimate of drug-likeness (QED) is 0.483. The maximum atomic E-state index is 13.6. The summed E-state index contributed by atoms with van der Waals surface area (Å²) in [7, 11) is 0. The van der Waals surface area contributed by atoms with E-state index in [2.05, 4.69) is 25.4 Å². The molecule has 0 amide bonds. The first-order valence-electron chi connectivity index (χ1n) is 10.3. The zero-order valence-electron chi connectivity index (χ0n) is 16.6. The summed E-state index contributed by atoms with van der Waals surface area (Å²) < 4.78 is 9.00. The second kappa shape index (κ2) is 7.13. The number of nitrogens with one attached hydrogen (secondary N) is 1. The van der Waals surface area contributed by atoms with Crippen LogP contribution in [0.15, 0.2) is 64.3 Å². The van der Waals surface area contributed by atoms with Crippen molar-refractivity contribution in [3.05, 3.63) is 76.9 Å². The predicted molar refractivity (Wildman–Crippen MR) is 114 cm³/mol. The van der Waals surface area contributed by atoms with Gasteiger partial charge in [-0.1, -0.05) is 23.4 Å². The second-order valence-corrected chi connectivity index (χ2v) is 7.62. The Balaban J connectivity index is 1.56. The first kappa shape index (κ1) is 18.0. The van der Waals surface area contributed by atoms with E-state index >= 15 is 0 Å². The minimum Gasteiger partial charge on any atom is -0.337 e. The fourth-order valence-corrected chi connectivity index (χ4v) is 4.21. The van der Waals surface area contributed by atoms with E-state index in [4.69, 9.17) is 4.52 Å². The van der Waals surface area contributed by atoms with E-state index in [0.29, 0.717) is 29.5 Å². The van der Waals surface area contributed by atoms with Gasteiger partial charge in [0, 0.05) is 6.20 Å². The van der Waals surface area contributed by atoms with Crippen molar-refractivity contribution in [2.75, 3.05) is 6.54 Å². The minimum absolute atomic E-state index is 0.0526. The Hall–Kier alpha value is -3.85. The van der Waals surface area contributed by atoms with Crippen molar-refractivity contribution in [2.45, 2.75) is 25.4 Å². The molecule has 5 heterocycles. The standard InChI is InChI=1S/C22H19N7O2/c30-22-19-18(20-26-21(31-27-20)15-7-5-11-24-15)25-13-29(19)17-9-2-1-8-16(17)28(22)12-14-6-3-4-10-23-14/h1-4,6,8-10,13,15,24H,5,7,11-12H2. The predicted octanol–water partition coefficient (Wildman–Crippen LogP) is 2.57. The van der Waals surface area contributed by atoms with Crippen molar-refractivity contribution >= 4 is 16.6 Å². The fraction of sp³-hybridized carbons (Fsp3) is 0.227. The number of hydrogen-bond acceptors (Lipinski definition) is 7. The lowest BCUT2D eigenvalue weighted by Gasteiger charge is -2.12. The van der Waals surface area contributed by atoms with Crippen LogP contribution >= 0.6 is 0 Å². The first-order chi connectivity index (χ1) is 15.3. The van der Waals surface area contributed by atoms with Crippen LogP contribution in [0.2, 0.25) is 0 Å². The molecule has 31 heavy (non-hydrogen) atoms. The van der Waals surface area contributed by atoms with Crippen LogP contribution in [0.5, 0.6) is 0 Å². The minimum atomic E-state index is -0.179. The molecule has 0 aliphatic carbocycles. The molecule has 1 aromatic carbocycles. The van der Waals surface area contributed by atoms with E-state index in [1.165, 1.54) is 0 Å². The Labute approximate surface area is 176 Å². The highest BCUT2D eigenvalue weighted by Gasteiger charge is 2.25. The van der Waals surface area contributed by atoms with E-state index in [9.17, 15) is 4.79 Å². The summed E-state index contributed by atoms with van der Waals surface area (Å²) in [5.74, 6) is 0.853. The zero-order chi connectivity index (χ0) is 20.8. The monoisotopic (exact) mass is 413 g/mol. The van der Waals surface area contributed by atoms with Crippen molar-refractivity contribution in [1.29, 1.82) is 0 Å². The number of aromatic nitrogens is 6. The molecule has 0 radical (unpaired) electrons. The van der Waals surface area contributed by atoms with E-state index < -0.39 is 0 Å². The number of para-hydroxylation sites is 2. The van der Waals surface area contributed by atoms with Crippen molar-refractivity contribution in [2.24, 2.45) is 0 Å². The second-order valence-electron chi connectivity index (χ2n) is 7.62. The molecule has 4 aromatic heterocycles. The van der Waals surface area contributed by atoms with Gasteiger partial charge in [0.25, 0.3) is 5.56 Å². The summed E-state index contributed by atoms with van der Waals surface area (Å²) in [6, 6.07) is 13.5. The smallest absolute Gasteiger partial charge is 0.278 e. The number of nitrogens with zero attached hydrogens (tertiary/aromatic N) is 6. The van der Waals surface area contributed by atoms with Gasteiger partial charge in [-0.2, -0.15) is 4.98 Å². The number of benzene rings is 1. The van der Waals surface area contributed by atoms with E-state index in [1.807, 2.05) is 42.5 Å². The van der Waals surface area contributed by atoms with Crippen LogP contribution in [-0.2, 0) is 6.54 Å². The van der Waals surface area contributed by atoms with Gasteiger partial charge in [-0.3, -0.25) is 18.7 Å². The molecule has 154 valence electrons. The summed E-state index contributed by atoms with van der Waals surface area (Å²) in [6.07, 6.45) is 5.39. The molecule has 0 saturated carbocycles. The molecule has 1 unspecified atom stereocenters. The Bertz CT molecular complexity index is 1450. The summed E-state index contributed by atoms with van der Waals surface area (Å²) in [5, 5.41) is 7.47. The number of pyridine rings is 1. The highest BCUT2D eigenvalue weighted by Crippen LogP contribution is 2.26. The molecule has 9 nitrogen and oxygen atoms in total. The van der Waals surface area contributed by atoms with Crippen LogP contribution in [0.25, 0.3) is 28.1 Å². The molecule has 1 aliphatic rings. The van der Waals surface area contributed by atoms with Crippen LogP contribution < -0.4 is 10.9 Å². The molecule has 1 N–H and O–H groups in total. The largest absolute Gasteiger partial charge is 0.337 e. The van der Waals surface area contributed by atoms with E-state index in [-0.39, 0.29) is 11.6 Å². The summed E-state index contributed by atoms with van der Waals surface area (Å²) >= 11 is 0. The molecule has 1 saturated heterocycles. The lowest BCUT2D eigenvalue weighted by atomic mass is 10.2. The van der Waals surface area contributed by atoms with Gasteiger partial charge in [0.2, 0.25) is 11.7 Å².